The van der Waals surface area contributed by atoms with Crippen molar-refractivity contribution in [3.8, 4) is 0 Å². The zero-order chi connectivity index (χ0) is 15.0. The third-order valence-corrected chi connectivity index (χ3v) is 5.41. The number of aryl methyl sites for hydroxylation is 2. The van der Waals surface area contributed by atoms with Crippen molar-refractivity contribution in [3.05, 3.63) is 16.8 Å². The van der Waals surface area contributed by atoms with E-state index in [2.05, 4.69) is 28.7 Å². The van der Waals surface area contributed by atoms with E-state index in [1.807, 2.05) is 0 Å². The first kappa shape index (κ1) is 14.3. The molecule has 0 amide bonds. The Morgan fingerprint density at radius 1 is 1.48 bits per heavy atom. The molecule has 1 atom stereocenters. The lowest BCUT2D eigenvalue weighted by molar-refractivity contribution is -0.137. The number of hydrogen-bond donors (Lipinski definition) is 1. The van der Waals surface area contributed by atoms with Crippen LogP contribution in [-0.2, 0) is 4.79 Å². The standard InChI is InChI=1S/C15H19N3O2S/c1-9-10(2)21-15-13(9)14(16-8-17-15)18-6-5-11(7-18)3-4-12(19)20/h8,11H,3-7H2,1-2H3,(H,19,20). The van der Waals surface area contributed by atoms with Gasteiger partial charge in [-0.3, -0.25) is 4.79 Å². The predicted octanol–water partition coefficient (Wildman–Crippen LogP) is 3.00. The molecular weight excluding hydrogens is 286 g/mol. The van der Waals surface area contributed by atoms with Crippen molar-refractivity contribution in [1.29, 1.82) is 0 Å². The number of aromatic nitrogens is 2. The summed E-state index contributed by atoms with van der Waals surface area (Å²) in [5.74, 6) is 0.757. The van der Waals surface area contributed by atoms with Gasteiger partial charge in [-0.15, -0.1) is 11.3 Å². The third kappa shape index (κ3) is 2.72. The van der Waals surface area contributed by atoms with E-state index >= 15 is 0 Å². The van der Waals surface area contributed by atoms with Gasteiger partial charge >= 0.3 is 5.97 Å². The lowest BCUT2D eigenvalue weighted by Gasteiger charge is -2.18. The fraction of sp³-hybridized carbons (Fsp3) is 0.533. The van der Waals surface area contributed by atoms with Crippen LogP contribution in [0.5, 0.6) is 0 Å². The van der Waals surface area contributed by atoms with Crippen molar-refractivity contribution in [1.82, 2.24) is 9.97 Å². The normalized spacial score (nSPS) is 18.6. The monoisotopic (exact) mass is 305 g/mol. The SMILES string of the molecule is Cc1sc2ncnc(N3CCC(CCC(=O)O)C3)c2c1C. The van der Waals surface area contributed by atoms with Crippen molar-refractivity contribution in [3.63, 3.8) is 0 Å². The molecule has 3 rings (SSSR count). The van der Waals surface area contributed by atoms with Gasteiger partial charge in [-0.2, -0.15) is 0 Å². The first-order valence-corrected chi connectivity index (χ1v) is 8.05. The maximum absolute atomic E-state index is 10.7. The molecule has 0 saturated carbocycles. The number of carbonyl (C=O) groups is 1. The van der Waals surface area contributed by atoms with Crippen LogP contribution in [0.4, 0.5) is 5.82 Å². The Morgan fingerprint density at radius 2 is 2.29 bits per heavy atom. The number of nitrogens with zero attached hydrogens (tertiary/aromatic N) is 3. The van der Waals surface area contributed by atoms with Gasteiger partial charge in [0.2, 0.25) is 0 Å². The predicted molar refractivity (Wildman–Crippen MR) is 84.1 cm³/mol. The minimum atomic E-state index is -0.706. The van der Waals surface area contributed by atoms with E-state index < -0.39 is 5.97 Å². The second-order valence-corrected chi connectivity index (χ2v) is 6.90. The number of hydrogen-bond acceptors (Lipinski definition) is 5. The molecule has 1 aliphatic rings. The zero-order valence-electron chi connectivity index (χ0n) is 12.3. The minimum Gasteiger partial charge on any atom is -0.481 e. The molecule has 0 radical (unpaired) electrons. The Hall–Kier alpha value is -1.69. The van der Waals surface area contributed by atoms with E-state index in [9.17, 15) is 4.79 Å². The molecule has 21 heavy (non-hydrogen) atoms. The molecule has 6 heteroatoms. The molecule has 1 aliphatic heterocycles. The topological polar surface area (TPSA) is 66.3 Å². The van der Waals surface area contributed by atoms with Crippen LogP contribution in [0.2, 0.25) is 0 Å². The molecule has 0 bridgehead atoms. The van der Waals surface area contributed by atoms with Crippen LogP contribution >= 0.6 is 11.3 Å². The van der Waals surface area contributed by atoms with E-state index in [0.717, 1.165) is 36.6 Å². The van der Waals surface area contributed by atoms with Gasteiger partial charge in [0.1, 0.15) is 17.0 Å². The van der Waals surface area contributed by atoms with Crippen LogP contribution < -0.4 is 4.90 Å². The number of rotatable bonds is 4. The highest BCUT2D eigenvalue weighted by atomic mass is 32.1. The minimum absolute atomic E-state index is 0.258. The smallest absolute Gasteiger partial charge is 0.303 e. The molecule has 3 heterocycles. The van der Waals surface area contributed by atoms with Crippen LogP contribution in [0.25, 0.3) is 10.2 Å². The molecule has 0 aromatic carbocycles. The van der Waals surface area contributed by atoms with Crippen LogP contribution in [0.15, 0.2) is 6.33 Å². The molecule has 112 valence electrons. The Bertz CT molecular complexity index is 683. The maximum atomic E-state index is 10.7. The van der Waals surface area contributed by atoms with E-state index in [1.54, 1.807) is 17.7 Å². The van der Waals surface area contributed by atoms with Gasteiger partial charge in [0.25, 0.3) is 0 Å². The number of thiophene rings is 1. The van der Waals surface area contributed by atoms with E-state index in [0.29, 0.717) is 5.92 Å². The van der Waals surface area contributed by atoms with Crippen LogP contribution in [0.1, 0.15) is 29.7 Å². The summed E-state index contributed by atoms with van der Waals surface area (Å²) in [5.41, 5.74) is 1.26. The zero-order valence-corrected chi connectivity index (χ0v) is 13.1. The van der Waals surface area contributed by atoms with Gasteiger partial charge in [0, 0.05) is 24.4 Å². The lowest BCUT2D eigenvalue weighted by Crippen LogP contribution is -2.21. The fourth-order valence-corrected chi connectivity index (χ4v) is 3.98. The summed E-state index contributed by atoms with van der Waals surface area (Å²) in [6, 6.07) is 0. The van der Waals surface area contributed by atoms with Gasteiger partial charge in [-0.1, -0.05) is 0 Å². The number of aliphatic carboxylic acids is 1. The van der Waals surface area contributed by atoms with Gasteiger partial charge in [0.15, 0.2) is 0 Å². The van der Waals surface area contributed by atoms with Crippen molar-refractivity contribution in [2.24, 2.45) is 5.92 Å². The molecule has 1 fully saturated rings. The molecular formula is C15H19N3O2S. The Morgan fingerprint density at radius 3 is 3.05 bits per heavy atom. The quantitative estimate of drug-likeness (QED) is 0.940. The maximum Gasteiger partial charge on any atom is 0.303 e. The molecule has 5 nitrogen and oxygen atoms in total. The highest BCUT2D eigenvalue weighted by molar-refractivity contribution is 7.18. The highest BCUT2D eigenvalue weighted by Gasteiger charge is 2.26. The van der Waals surface area contributed by atoms with E-state index in [1.165, 1.54) is 15.8 Å². The van der Waals surface area contributed by atoms with Gasteiger partial charge < -0.3 is 10.0 Å². The van der Waals surface area contributed by atoms with Gasteiger partial charge in [0.05, 0.1) is 5.39 Å². The second kappa shape index (κ2) is 5.60. The first-order valence-electron chi connectivity index (χ1n) is 7.23. The Labute approximate surface area is 127 Å². The van der Waals surface area contributed by atoms with Crippen LogP contribution in [0, 0.1) is 19.8 Å². The summed E-state index contributed by atoms with van der Waals surface area (Å²) >= 11 is 1.71. The van der Waals surface area contributed by atoms with E-state index in [-0.39, 0.29) is 6.42 Å². The summed E-state index contributed by atoms with van der Waals surface area (Å²) in [7, 11) is 0. The van der Waals surface area contributed by atoms with Crippen LogP contribution in [-0.4, -0.2) is 34.1 Å². The summed E-state index contributed by atoms with van der Waals surface area (Å²) in [4.78, 5) is 24.2. The summed E-state index contributed by atoms with van der Waals surface area (Å²) in [6.07, 6.45) is 3.69. The second-order valence-electron chi connectivity index (χ2n) is 5.69. The number of fused-ring (bicyclic) bond motifs is 1. The molecule has 0 aliphatic carbocycles. The lowest BCUT2D eigenvalue weighted by atomic mass is 10.0. The van der Waals surface area contributed by atoms with E-state index in [4.69, 9.17) is 5.11 Å². The molecule has 1 N–H and O–H groups in total. The average molecular weight is 305 g/mol. The van der Waals surface area contributed by atoms with Crippen molar-refractivity contribution >= 4 is 33.3 Å². The third-order valence-electron chi connectivity index (χ3n) is 4.30. The fourth-order valence-electron chi connectivity index (χ4n) is 2.99. The molecule has 1 saturated heterocycles. The van der Waals surface area contributed by atoms with Crippen LogP contribution in [0.3, 0.4) is 0 Å². The van der Waals surface area contributed by atoms with Gasteiger partial charge in [-0.25, -0.2) is 9.97 Å². The number of carboxylic acids is 1. The average Bonchev–Trinajstić information content (AvgIpc) is 3.02. The van der Waals surface area contributed by atoms with Crippen molar-refractivity contribution < 1.29 is 9.90 Å². The Balaban J connectivity index is 1.83. The number of anilines is 1. The Kier molecular flexibility index (Phi) is 3.80. The molecule has 2 aromatic heterocycles. The first-order chi connectivity index (χ1) is 10.1. The summed E-state index contributed by atoms with van der Waals surface area (Å²) in [6.45, 7) is 6.09. The number of carboxylic acid groups (broad SMARTS) is 1. The molecule has 1 unspecified atom stereocenters. The highest BCUT2D eigenvalue weighted by Crippen LogP contribution is 2.36. The summed E-state index contributed by atoms with van der Waals surface area (Å²) in [5, 5.41) is 9.97. The summed E-state index contributed by atoms with van der Waals surface area (Å²) < 4.78 is 0. The molecule has 0 spiro atoms. The van der Waals surface area contributed by atoms with Crippen molar-refractivity contribution in [2.75, 3.05) is 18.0 Å². The largest absolute Gasteiger partial charge is 0.481 e. The molecule has 2 aromatic rings. The van der Waals surface area contributed by atoms with Crippen molar-refractivity contribution in [2.45, 2.75) is 33.1 Å². The van der Waals surface area contributed by atoms with Gasteiger partial charge in [-0.05, 0) is 38.2 Å².